The summed E-state index contributed by atoms with van der Waals surface area (Å²) in [7, 11) is 0. The fourth-order valence-corrected chi connectivity index (χ4v) is 3.19. The van der Waals surface area contributed by atoms with Crippen molar-refractivity contribution in [3.63, 3.8) is 0 Å². The third-order valence-electron chi connectivity index (χ3n) is 4.63. The molecular weight excluding hydrogens is 340 g/mol. The molecule has 0 saturated carbocycles. The molecule has 0 spiro atoms. The number of hydrogen-bond donors (Lipinski definition) is 2. The van der Waals surface area contributed by atoms with Crippen LogP contribution in [0.2, 0.25) is 0 Å². The zero-order chi connectivity index (χ0) is 18.5. The molecule has 0 radical (unpaired) electrons. The Balaban J connectivity index is 1.28. The normalized spacial score (nSPS) is 13.6. The predicted molar refractivity (Wildman–Crippen MR) is 106 cm³/mol. The van der Waals surface area contributed by atoms with Crippen LogP contribution in [0, 0.1) is 0 Å². The molecule has 0 atom stereocenters. The van der Waals surface area contributed by atoms with E-state index in [4.69, 9.17) is 0 Å². The maximum atomic E-state index is 12.2. The van der Waals surface area contributed by atoms with Gasteiger partial charge in [0.25, 0.3) is 0 Å². The summed E-state index contributed by atoms with van der Waals surface area (Å²) >= 11 is 0. The van der Waals surface area contributed by atoms with E-state index in [1.165, 1.54) is 24.9 Å². The first-order chi connectivity index (χ1) is 13.3. The molecule has 0 aliphatic carbocycles. The summed E-state index contributed by atoms with van der Waals surface area (Å²) in [6, 6.07) is 15.7. The summed E-state index contributed by atoms with van der Waals surface area (Å²) in [4.78, 5) is 18.5. The van der Waals surface area contributed by atoms with E-state index in [0.29, 0.717) is 0 Å². The second-order valence-corrected chi connectivity index (χ2v) is 6.53. The summed E-state index contributed by atoms with van der Waals surface area (Å²) in [6.45, 7) is 2.44. The summed E-state index contributed by atoms with van der Waals surface area (Å²) in [5.41, 5.74) is 3.82. The summed E-state index contributed by atoms with van der Waals surface area (Å²) < 4.78 is 1.68. The van der Waals surface area contributed by atoms with E-state index >= 15 is 0 Å². The lowest BCUT2D eigenvalue weighted by Gasteiger charge is -2.17. The van der Waals surface area contributed by atoms with Gasteiger partial charge in [-0.15, -0.1) is 0 Å². The van der Waals surface area contributed by atoms with Gasteiger partial charge in [-0.1, -0.05) is 0 Å². The highest BCUT2D eigenvalue weighted by Gasteiger charge is 2.12. The molecule has 2 N–H and O–H groups in total. The molecule has 1 fully saturated rings. The molecule has 0 bridgehead atoms. The van der Waals surface area contributed by atoms with E-state index in [2.05, 4.69) is 37.7 Å². The Bertz CT molecular complexity index is 868. The van der Waals surface area contributed by atoms with Gasteiger partial charge in [-0.2, -0.15) is 5.10 Å². The number of anilines is 3. The summed E-state index contributed by atoms with van der Waals surface area (Å²) in [5, 5.41) is 10.1. The third-order valence-corrected chi connectivity index (χ3v) is 4.63. The van der Waals surface area contributed by atoms with Crippen LogP contribution >= 0.6 is 0 Å². The Hall–Kier alpha value is -3.35. The second-order valence-electron chi connectivity index (χ2n) is 6.53. The predicted octanol–water partition coefficient (Wildman–Crippen LogP) is 2.92. The van der Waals surface area contributed by atoms with Crippen LogP contribution in [0.4, 0.5) is 17.1 Å². The Labute approximate surface area is 158 Å². The molecule has 27 heavy (non-hydrogen) atoms. The van der Waals surface area contributed by atoms with Gasteiger partial charge in [-0.25, -0.2) is 9.67 Å². The summed E-state index contributed by atoms with van der Waals surface area (Å²) in [6.07, 6.45) is 5.65. The number of rotatable bonds is 6. The molecule has 2 aromatic carbocycles. The SMILES string of the molecule is O=C(CNc1ccc(-n2cncn2)cc1)Nc1ccc(N2CCCC2)cc1. The molecule has 1 aliphatic rings. The minimum Gasteiger partial charge on any atom is -0.376 e. The molecule has 1 amide bonds. The Kier molecular flexibility index (Phi) is 5.00. The number of nitrogens with one attached hydrogen (secondary N) is 2. The molecule has 7 heteroatoms. The second kappa shape index (κ2) is 7.90. The van der Waals surface area contributed by atoms with Gasteiger partial charge >= 0.3 is 0 Å². The maximum absolute atomic E-state index is 12.2. The minimum atomic E-state index is -0.0794. The molecule has 0 unspecified atom stereocenters. The topological polar surface area (TPSA) is 75.1 Å². The van der Waals surface area contributed by atoms with Gasteiger partial charge in [0.2, 0.25) is 5.91 Å². The van der Waals surface area contributed by atoms with E-state index in [0.717, 1.165) is 30.2 Å². The van der Waals surface area contributed by atoms with Crippen LogP contribution in [0.15, 0.2) is 61.2 Å². The smallest absolute Gasteiger partial charge is 0.243 e. The van der Waals surface area contributed by atoms with E-state index in [9.17, 15) is 4.79 Å². The molecule has 2 heterocycles. The van der Waals surface area contributed by atoms with Crippen molar-refractivity contribution in [2.24, 2.45) is 0 Å². The van der Waals surface area contributed by atoms with Gasteiger partial charge in [0.15, 0.2) is 0 Å². The lowest BCUT2D eigenvalue weighted by Crippen LogP contribution is -2.22. The molecule has 7 nitrogen and oxygen atoms in total. The first kappa shape index (κ1) is 17.1. The summed E-state index contributed by atoms with van der Waals surface area (Å²) in [5.74, 6) is -0.0794. The highest BCUT2D eigenvalue weighted by atomic mass is 16.1. The highest BCUT2D eigenvalue weighted by molar-refractivity contribution is 5.93. The Morgan fingerprint density at radius 2 is 1.59 bits per heavy atom. The molecule has 3 aromatic rings. The van der Waals surface area contributed by atoms with Gasteiger partial charge in [0, 0.05) is 30.2 Å². The zero-order valence-electron chi connectivity index (χ0n) is 15.0. The number of aromatic nitrogens is 3. The number of benzene rings is 2. The van der Waals surface area contributed by atoms with Crippen molar-refractivity contribution in [1.82, 2.24) is 14.8 Å². The fourth-order valence-electron chi connectivity index (χ4n) is 3.19. The fraction of sp³-hybridized carbons (Fsp3) is 0.250. The van der Waals surface area contributed by atoms with Crippen molar-refractivity contribution in [2.45, 2.75) is 12.8 Å². The highest BCUT2D eigenvalue weighted by Crippen LogP contribution is 2.22. The standard InChI is InChI=1S/C20H22N6O/c27-20(24-17-5-7-18(8-6-17)25-11-1-2-12-25)13-22-16-3-9-19(10-4-16)26-15-21-14-23-26/h3-10,14-15,22H,1-2,11-13H2,(H,24,27). The van der Waals surface area contributed by atoms with E-state index in [1.807, 2.05) is 36.4 Å². The van der Waals surface area contributed by atoms with Crippen molar-refractivity contribution in [2.75, 3.05) is 35.2 Å². The van der Waals surface area contributed by atoms with E-state index in [-0.39, 0.29) is 12.5 Å². The van der Waals surface area contributed by atoms with Gasteiger partial charge in [-0.05, 0) is 61.4 Å². The number of nitrogens with zero attached hydrogens (tertiary/aromatic N) is 4. The van der Waals surface area contributed by atoms with Crippen LogP contribution in [0.3, 0.4) is 0 Å². The molecule has 4 rings (SSSR count). The number of amides is 1. The lowest BCUT2D eigenvalue weighted by molar-refractivity contribution is -0.114. The van der Waals surface area contributed by atoms with Crippen LogP contribution in [0.25, 0.3) is 5.69 Å². The Morgan fingerprint density at radius 3 is 2.26 bits per heavy atom. The maximum Gasteiger partial charge on any atom is 0.243 e. The number of carbonyl (C=O) groups is 1. The van der Waals surface area contributed by atoms with Crippen molar-refractivity contribution in [1.29, 1.82) is 0 Å². The van der Waals surface area contributed by atoms with Crippen LogP contribution in [0.5, 0.6) is 0 Å². The molecule has 1 aromatic heterocycles. The molecule has 138 valence electrons. The average Bonchev–Trinajstić information content (AvgIpc) is 3.41. The van der Waals surface area contributed by atoms with Crippen molar-refractivity contribution in [3.8, 4) is 5.69 Å². The molecule has 1 aliphatic heterocycles. The first-order valence-corrected chi connectivity index (χ1v) is 9.12. The number of carbonyl (C=O) groups excluding carboxylic acids is 1. The largest absolute Gasteiger partial charge is 0.376 e. The van der Waals surface area contributed by atoms with Gasteiger partial charge in [0.05, 0.1) is 12.2 Å². The van der Waals surface area contributed by atoms with E-state index < -0.39 is 0 Å². The van der Waals surface area contributed by atoms with Crippen LogP contribution in [-0.2, 0) is 4.79 Å². The molecular formula is C20H22N6O. The minimum absolute atomic E-state index is 0.0794. The molecule has 1 saturated heterocycles. The van der Waals surface area contributed by atoms with Crippen LogP contribution in [0.1, 0.15) is 12.8 Å². The zero-order valence-corrected chi connectivity index (χ0v) is 15.0. The van der Waals surface area contributed by atoms with Crippen LogP contribution in [-0.4, -0.2) is 40.3 Å². The van der Waals surface area contributed by atoms with Gasteiger partial charge in [-0.3, -0.25) is 4.79 Å². The van der Waals surface area contributed by atoms with Crippen molar-refractivity contribution >= 4 is 23.0 Å². The number of hydrogen-bond acceptors (Lipinski definition) is 5. The third kappa shape index (κ3) is 4.25. The van der Waals surface area contributed by atoms with Gasteiger partial charge < -0.3 is 15.5 Å². The van der Waals surface area contributed by atoms with Gasteiger partial charge in [0.1, 0.15) is 12.7 Å². The van der Waals surface area contributed by atoms with E-state index in [1.54, 1.807) is 11.0 Å². The average molecular weight is 362 g/mol. The first-order valence-electron chi connectivity index (χ1n) is 9.12. The Morgan fingerprint density at radius 1 is 0.926 bits per heavy atom. The monoisotopic (exact) mass is 362 g/mol. The van der Waals surface area contributed by atoms with Crippen molar-refractivity contribution < 1.29 is 4.79 Å². The van der Waals surface area contributed by atoms with Crippen molar-refractivity contribution in [3.05, 3.63) is 61.2 Å². The lowest BCUT2D eigenvalue weighted by atomic mass is 10.2. The quantitative estimate of drug-likeness (QED) is 0.705. The van der Waals surface area contributed by atoms with Crippen LogP contribution < -0.4 is 15.5 Å².